The first-order chi connectivity index (χ1) is 11.8. The second-order valence-electron chi connectivity index (χ2n) is 6.24. The number of rotatable bonds is 1. The van der Waals surface area contributed by atoms with E-state index in [1.54, 1.807) is 30.3 Å². The smallest absolute Gasteiger partial charge is 0.339 e. The van der Waals surface area contributed by atoms with Crippen LogP contribution in [0.1, 0.15) is 15.9 Å². The summed E-state index contributed by atoms with van der Waals surface area (Å²) in [6, 6.07) is 12.9. The predicted molar refractivity (Wildman–Crippen MR) is 88.8 cm³/mol. The molecule has 1 atom stereocenters. The van der Waals surface area contributed by atoms with Gasteiger partial charge in [-0.2, -0.15) is 13.2 Å². The molecule has 0 radical (unpaired) electrons. The Bertz CT molecular complexity index is 840. The average Bonchev–Trinajstić information content (AvgIpc) is 2.97. The van der Waals surface area contributed by atoms with Crippen LogP contribution < -0.4 is 4.90 Å². The van der Waals surface area contributed by atoms with Crippen molar-refractivity contribution in [3.8, 4) is 0 Å². The van der Waals surface area contributed by atoms with Crippen LogP contribution in [-0.2, 0) is 6.42 Å². The lowest BCUT2D eigenvalue weighted by molar-refractivity contribution is -0.215. The van der Waals surface area contributed by atoms with Crippen LogP contribution >= 0.6 is 11.6 Å². The van der Waals surface area contributed by atoms with Crippen molar-refractivity contribution in [1.82, 2.24) is 4.90 Å². The van der Waals surface area contributed by atoms with Gasteiger partial charge in [0.2, 0.25) is 5.66 Å². The van der Waals surface area contributed by atoms with Gasteiger partial charge in [0.25, 0.3) is 5.91 Å². The highest BCUT2D eigenvalue weighted by atomic mass is 35.5. The maximum Gasteiger partial charge on any atom is 0.431 e. The number of hydrogen-bond acceptors (Lipinski definition) is 2. The van der Waals surface area contributed by atoms with Crippen LogP contribution in [0, 0.1) is 0 Å². The van der Waals surface area contributed by atoms with Gasteiger partial charge in [0.05, 0.1) is 0 Å². The van der Waals surface area contributed by atoms with E-state index in [2.05, 4.69) is 0 Å². The minimum absolute atomic E-state index is 0.0131. The maximum atomic E-state index is 14.3. The molecule has 25 heavy (non-hydrogen) atoms. The number of amides is 1. The summed E-state index contributed by atoms with van der Waals surface area (Å²) < 4.78 is 42.9. The second-order valence-corrected chi connectivity index (χ2v) is 6.67. The number of anilines is 1. The summed E-state index contributed by atoms with van der Waals surface area (Å²) in [5.74, 6) is -0.625. The standard InChI is InChI=1S/C18H14ClF3N2O/c19-13-7-6-12-11-17(18(20,21)22)23(14-4-2-1-3-5-14)8-9-24(17)16(25)15(12)10-13/h1-7,10H,8-9,11H2. The van der Waals surface area contributed by atoms with Crippen molar-refractivity contribution in [3.05, 3.63) is 64.7 Å². The summed E-state index contributed by atoms with van der Waals surface area (Å²) >= 11 is 5.93. The molecule has 0 aromatic heterocycles. The summed E-state index contributed by atoms with van der Waals surface area (Å²) in [6.45, 7) is 0.135. The van der Waals surface area contributed by atoms with Crippen LogP contribution in [0.3, 0.4) is 0 Å². The Kier molecular flexibility index (Phi) is 3.51. The van der Waals surface area contributed by atoms with Crippen molar-refractivity contribution in [2.75, 3.05) is 18.0 Å². The molecule has 2 aromatic rings. The van der Waals surface area contributed by atoms with Crippen LogP contribution in [0.2, 0.25) is 5.02 Å². The van der Waals surface area contributed by atoms with Gasteiger partial charge >= 0.3 is 6.18 Å². The number of carbonyl (C=O) groups excluding carboxylic acids is 1. The molecule has 2 aromatic carbocycles. The molecule has 4 rings (SSSR count). The van der Waals surface area contributed by atoms with E-state index >= 15 is 0 Å². The van der Waals surface area contributed by atoms with E-state index in [0.717, 1.165) is 4.90 Å². The Morgan fingerprint density at radius 2 is 1.68 bits per heavy atom. The molecule has 0 aliphatic carbocycles. The van der Waals surface area contributed by atoms with Gasteiger partial charge in [0, 0.05) is 35.8 Å². The Balaban J connectivity index is 1.91. The average molecular weight is 367 g/mol. The van der Waals surface area contributed by atoms with Gasteiger partial charge in [-0.3, -0.25) is 4.79 Å². The van der Waals surface area contributed by atoms with Gasteiger partial charge < -0.3 is 9.80 Å². The predicted octanol–water partition coefficient (Wildman–Crippen LogP) is 4.12. The quantitative estimate of drug-likeness (QED) is 0.758. The minimum Gasteiger partial charge on any atom is -0.339 e. The van der Waals surface area contributed by atoms with E-state index in [1.165, 1.54) is 23.1 Å². The fourth-order valence-corrected chi connectivity index (χ4v) is 4.02. The number of hydrogen-bond donors (Lipinski definition) is 0. The molecular weight excluding hydrogens is 353 g/mol. The number of fused-ring (bicyclic) bond motifs is 2. The monoisotopic (exact) mass is 366 g/mol. The molecule has 0 spiro atoms. The largest absolute Gasteiger partial charge is 0.431 e. The van der Waals surface area contributed by atoms with E-state index in [0.29, 0.717) is 16.3 Å². The molecule has 1 unspecified atom stereocenters. The van der Waals surface area contributed by atoms with Crippen LogP contribution in [0.15, 0.2) is 48.5 Å². The number of para-hydroxylation sites is 1. The van der Waals surface area contributed by atoms with E-state index in [1.807, 2.05) is 0 Å². The third kappa shape index (κ3) is 2.24. The summed E-state index contributed by atoms with van der Waals surface area (Å²) in [5, 5.41) is 0.339. The third-order valence-electron chi connectivity index (χ3n) is 4.95. The molecule has 3 nitrogen and oxygen atoms in total. The van der Waals surface area contributed by atoms with E-state index in [-0.39, 0.29) is 25.1 Å². The van der Waals surface area contributed by atoms with Crippen molar-refractivity contribution in [1.29, 1.82) is 0 Å². The first-order valence-electron chi connectivity index (χ1n) is 7.84. The summed E-state index contributed by atoms with van der Waals surface area (Å²) in [5.41, 5.74) is -1.30. The molecule has 0 N–H and O–H groups in total. The van der Waals surface area contributed by atoms with E-state index in [4.69, 9.17) is 11.6 Å². The SMILES string of the molecule is O=C1c2cc(Cl)ccc2CC2(C(F)(F)F)N1CCN2c1ccccc1. The van der Waals surface area contributed by atoms with Crippen LogP contribution in [0.4, 0.5) is 18.9 Å². The molecule has 1 saturated heterocycles. The molecule has 7 heteroatoms. The lowest BCUT2D eigenvalue weighted by Gasteiger charge is -2.48. The minimum atomic E-state index is -4.60. The zero-order valence-corrected chi connectivity index (χ0v) is 13.8. The lowest BCUT2D eigenvalue weighted by Crippen LogP contribution is -2.68. The van der Waals surface area contributed by atoms with E-state index in [9.17, 15) is 18.0 Å². The molecule has 1 fully saturated rings. The molecule has 0 bridgehead atoms. The van der Waals surface area contributed by atoms with Gasteiger partial charge in [-0.15, -0.1) is 0 Å². The molecular formula is C18H14ClF3N2O. The van der Waals surface area contributed by atoms with Crippen molar-refractivity contribution >= 4 is 23.2 Å². The number of alkyl halides is 3. The first kappa shape index (κ1) is 16.3. The van der Waals surface area contributed by atoms with Crippen molar-refractivity contribution in [3.63, 3.8) is 0 Å². The fraction of sp³-hybridized carbons (Fsp3) is 0.278. The molecule has 2 aliphatic heterocycles. The Morgan fingerprint density at radius 1 is 1.00 bits per heavy atom. The number of halogens is 4. The molecule has 130 valence electrons. The second kappa shape index (κ2) is 5.39. The van der Waals surface area contributed by atoms with Gasteiger partial charge in [0.15, 0.2) is 0 Å². The van der Waals surface area contributed by atoms with E-state index < -0.39 is 17.7 Å². The maximum absolute atomic E-state index is 14.3. The molecule has 1 amide bonds. The lowest BCUT2D eigenvalue weighted by atomic mass is 9.88. The van der Waals surface area contributed by atoms with Crippen LogP contribution in [0.5, 0.6) is 0 Å². The fourth-order valence-electron chi connectivity index (χ4n) is 3.85. The molecule has 2 heterocycles. The number of carbonyl (C=O) groups is 1. The zero-order chi connectivity index (χ0) is 17.8. The highest BCUT2D eigenvalue weighted by Crippen LogP contribution is 2.49. The number of nitrogens with zero attached hydrogens (tertiary/aromatic N) is 2. The van der Waals surface area contributed by atoms with Crippen molar-refractivity contribution in [2.24, 2.45) is 0 Å². The summed E-state index contributed by atoms with van der Waals surface area (Å²) in [4.78, 5) is 15.1. The Morgan fingerprint density at radius 3 is 2.36 bits per heavy atom. The Hall–Kier alpha value is -2.21. The van der Waals surface area contributed by atoms with Gasteiger partial charge in [0.1, 0.15) is 0 Å². The van der Waals surface area contributed by atoms with Gasteiger partial charge in [-0.25, -0.2) is 0 Å². The van der Waals surface area contributed by atoms with Crippen molar-refractivity contribution < 1.29 is 18.0 Å². The normalized spacial score (nSPS) is 22.8. The Labute approximate surface area is 147 Å². The van der Waals surface area contributed by atoms with Crippen LogP contribution in [0.25, 0.3) is 0 Å². The third-order valence-corrected chi connectivity index (χ3v) is 5.18. The number of benzene rings is 2. The summed E-state index contributed by atoms with van der Waals surface area (Å²) in [7, 11) is 0. The topological polar surface area (TPSA) is 23.6 Å². The van der Waals surface area contributed by atoms with Crippen molar-refractivity contribution in [2.45, 2.75) is 18.3 Å². The zero-order valence-electron chi connectivity index (χ0n) is 13.1. The summed E-state index contributed by atoms with van der Waals surface area (Å²) in [6.07, 6.45) is -4.92. The highest BCUT2D eigenvalue weighted by molar-refractivity contribution is 6.31. The van der Waals surface area contributed by atoms with Gasteiger partial charge in [-0.05, 0) is 29.8 Å². The first-order valence-corrected chi connectivity index (χ1v) is 8.22. The molecule has 0 saturated carbocycles. The molecule has 2 aliphatic rings. The highest BCUT2D eigenvalue weighted by Gasteiger charge is 2.68. The van der Waals surface area contributed by atoms with Gasteiger partial charge in [-0.1, -0.05) is 35.9 Å². The van der Waals surface area contributed by atoms with Crippen LogP contribution in [-0.4, -0.2) is 35.7 Å².